The summed E-state index contributed by atoms with van der Waals surface area (Å²) in [6.45, 7) is 22.4. The second-order valence-electron chi connectivity index (χ2n) is 15.0. The van der Waals surface area contributed by atoms with Crippen LogP contribution in [0, 0.1) is 25.2 Å². The van der Waals surface area contributed by atoms with Crippen molar-refractivity contribution in [2.24, 2.45) is 16.3 Å². The van der Waals surface area contributed by atoms with Crippen LogP contribution in [0.15, 0.2) is 57.8 Å². The highest BCUT2D eigenvalue weighted by atomic mass is 32.2. The molecule has 0 radical (unpaired) electrons. The largest absolute Gasteiger partial charge is 0.444 e. The SMILES string of the molecule is CCC(C)CC(=Cc1ncnc(-c2ccc(CNC(=O)C3=NC=C(C(C)(C)C)SC3)c(C)c2)c1C)C1=CCN(C(=O)OC(C)(C)C)CC1. The van der Waals surface area contributed by atoms with Gasteiger partial charge in [-0.3, -0.25) is 9.79 Å². The number of allylic oxidation sites excluding steroid dienone is 2. The van der Waals surface area contributed by atoms with Gasteiger partial charge in [0, 0.05) is 47.6 Å². The summed E-state index contributed by atoms with van der Waals surface area (Å²) in [5.74, 6) is 0.967. The molecule has 2 aliphatic heterocycles. The fourth-order valence-corrected chi connectivity index (χ4v) is 6.59. The van der Waals surface area contributed by atoms with E-state index in [1.807, 2.05) is 27.0 Å². The Morgan fingerprint density at radius 1 is 1.12 bits per heavy atom. The molecule has 1 atom stereocenters. The number of rotatable bonds is 9. The van der Waals surface area contributed by atoms with Gasteiger partial charge in [0.05, 0.1) is 11.4 Å². The van der Waals surface area contributed by atoms with Crippen molar-refractivity contribution in [1.82, 2.24) is 20.2 Å². The van der Waals surface area contributed by atoms with Crippen LogP contribution in [0.1, 0.15) is 97.0 Å². The third-order valence-corrected chi connectivity index (χ3v) is 10.2. The molecule has 1 N–H and O–H groups in total. The molecule has 1 aromatic heterocycles. The van der Waals surface area contributed by atoms with Gasteiger partial charge < -0.3 is 15.0 Å². The van der Waals surface area contributed by atoms with Gasteiger partial charge in [0.25, 0.3) is 5.91 Å². The van der Waals surface area contributed by atoms with Crippen LogP contribution < -0.4 is 5.32 Å². The second kappa shape index (κ2) is 15.7. The van der Waals surface area contributed by atoms with E-state index in [1.54, 1.807) is 23.0 Å². The number of ether oxygens (including phenoxy) is 1. The molecule has 0 saturated carbocycles. The van der Waals surface area contributed by atoms with Gasteiger partial charge in [-0.15, -0.1) is 11.8 Å². The van der Waals surface area contributed by atoms with Crippen molar-refractivity contribution < 1.29 is 14.3 Å². The number of nitrogens with one attached hydrogen (secondary N) is 1. The number of amides is 2. The Morgan fingerprint density at radius 2 is 1.88 bits per heavy atom. The molecule has 0 aliphatic carbocycles. The third-order valence-electron chi connectivity index (χ3n) is 8.73. The van der Waals surface area contributed by atoms with E-state index in [4.69, 9.17) is 9.72 Å². The zero-order valence-electron chi connectivity index (χ0n) is 30.5. The molecule has 1 aromatic carbocycles. The zero-order chi connectivity index (χ0) is 35.2. The molecule has 9 heteroatoms. The van der Waals surface area contributed by atoms with Crippen molar-refractivity contribution >= 4 is 35.6 Å². The number of carbonyl (C=O) groups is 2. The number of benzene rings is 1. The standard InChI is InChI=1S/C39H53N5O3S/c1-11-25(2)18-31(28-14-16-44(17-15-28)37(46)47-39(8,9)10)20-32-27(4)35(43-24-42-32)29-12-13-30(26(3)19-29)21-41-36(45)33-23-48-34(22-40-33)38(5,6)7/h12-14,19-20,22,24-25H,11,15-18,21,23H2,1-10H3,(H,41,45). The Balaban J connectivity index is 1.51. The quantitative estimate of drug-likeness (QED) is 0.286. The number of aromatic nitrogens is 2. The number of hydrogen-bond donors (Lipinski definition) is 1. The van der Waals surface area contributed by atoms with E-state index < -0.39 is 5.60 Å². The number of carbonyl (C=O) groups excluding carboxylic acids is 2. The van der Waals surface area contributed by atoms with Crippen LogP contribution in [0.4, 0.5) is 4.79 Å². The highest BCUT2D eigenvalue weighted by Crippen LogP contribution is 2.36. The van der Waals surface area contributed by atoms with Crippen molar-refractivity contribution in [2.75, 3.05) is 18.8 Å². The molecule has 2 aliphatic rings. The monoisotopic (exact) mass is 671 g/mol. The topological polar surface area (TPSA) is 96.8 Å². The summed E-state index contributed by atoms with van der Waals surface area (Å²) >= 11 is 1.68. The first kappa shape index (κ1) is 37.1. The van der Waals surface area contributed by atoms with Crippen LogP contribution in [0.5, 0.6) is 0 Å². The lowest BCUT2D eigenvalue weighted by atomic mass is 9.89. The molecule has 4 rings (SSSR count). The Hall–Kier alpha value is -3.72. The van der Waals surface area contributed by atoms with Crippen LogP contribution in [0.25, 0.3) is 17.3 Å². The minimum absolute atomic E-state index is 0.0318. The number of aryl methyl sites for hydroxylation is 1. The van der Waals surface area contributed by atoms with Gasteiger partial charge >= 0.3 is 6.09 Å². The van der Waals surface area contributed by atoms with Crippen LogP contribution >= 0.6 is 11.8 Å². The smallest absolute Gasteiger partial charge is 0.410 e. The predicted molar refractivity (Wildman–Crippen MR) is 199 cm³/mol. The molecule has 48 heavy (non-hydrogen) atoms. The Labute approximate surface area is 291 Å². The lowest BCUT2D eigenvalue weighted by Gasteiger charge is -2.30. The van der Waals surface area contributed by atoms with Gasteiger partial charge in [-0.1, -0.05) is 59.2 Å². The fraction of sp³-hybridized carbons (Fsp3) is 0.513. The highest BCUT2D eigenvalue weighted by molar-refractivity contribution is 8.03. The summed E-state index contributed by atoms with van der Waals surface area (Å²) < 4.78 is 5.60. The van der Waals surface area contributed by atoms with Gasteiger partial charge in [0.15, 0.2) is 0 Å². The molecule has 258 valence electrons. The Kier molecular flexibility index (Phi) is 12.1. The molecule has 0 spiro atoms. The molecule has 0 saturated heterocycles. The maximum atomic E-state index is 12.9. The number of thioether (sulfide) groups is 1. The lowest BCUT2D eigenvalue weighted by Crippen LogP contribution is -2.39. The number of nitrogens with zero attached hydrogens (tertiary/aromatic N) is 4. The minimum Gasteiger partial charge on any atom is -0.444 e. The van der Waals surface area contributed by atoms with Gasteiger partial charge in [-0.05, 0) is 93.2 Å². The van der Waals surface area contributed by atoms with Crippen molar-refractivity contribution in [2.45, 2.75) is 101 Å². The summed E-state index contributed by atoms with van der Waals surface area (Å²) in [7, 11) is 0. The average Bonchev–Trinajstić information content (AvgIpc) is 3.03. The molecular weight excluding hydrogens is 619 g/mol. The number of aliphatic imine (C=N–C) groups is 1. The van der Waals surface area contributed by atoms with E-state index in [2.05, 4.69) is 94.1 Å². The molecule has 0 bridgehead atoms. The van der Waals surface area contributed by atoms with Crippen LogP contribution in [-0.4, -0.2) is 57.0 Å². The minimum atomic E-state index is -0.516. The Morgan fingerprint density at radius 3 is 2.46 bits per heavy atom. The molecule has 2 amide bonds. The van der Waals surface area contributed by atoms with E-state index in [1.165, 1.54) is 16.1 Å². The molecule has 3 heterocycles. The normalized spacial score (nSPS) is 16.5. The summed E-state index contributed by atoms with van der Waals surface area (Å²) in [6, 6.07) is 6.26. The molecule has 0 fully saturated rings. The first-order chi connectivity index (χ1) is 22.6. The molecule has 2 aromatic rings. The molecule has 8 nitrogen and oxygen atoms in total. The van der Waals surface area contributed by atoms with Crippen LogP contribution in [0.3, 0.4) is 0 Å². The summed E-state index contributed by atoms with van der Waals surface area (Å²) in [6.07, 6.45) is 10.4. The van der Waals surface area contributed by atoms with E-state index in [0.29, 0.717) is 37.0 Å². The van der Waals surface area contributed by atoms with Gasteiger partial charge in [0.1, 0.15) is 17.6 Å². The third kappa shape index (κ3) is 9.91. The lowest BCUT2D eigenvalue weighted by molar-refractivity contribution is -0.115. The van der Waals surface area contributed by atoms with E-state index in [0.717, 1.165) is 52.9 Å². The second-order valence-corrected chi connectivity index (χ2v) is 16.0. The molecule has 1 unspecified atom stereocenters. The first-order valence-corrected chi connectivity index (χ1v) is 18.0. The Bertz CT molecular complexity index is 1640. The van der Waals surface area contributed by atoms with Crippen molar-refractivity contribution in [3.63, 3.8) is 0 Å². The van der Waals surface area contributed by atoms with Gasteiger partial charge in [0.2, 0.25) is 0 Å². The fourth-order valence-electron chi connectivity index (χ4n) is 5.53. The van der Waals surface area contributed by atoms with Gasteiger partial charge in [-0.25, -0.2) is 14.8 Å². The van der Waals surface area contributed by atoms with Crippen molar-refractivity contribution in [3.05, 3.63) is 75.2 Å². The molecular formula is C39H53N5O3S. The van der Waals surface area contributed by atoms with E-state index >= 15 is 0 Å². The maximum absolute atomic E-state index is 12.9. The van der Waals surface area contributed by atoms with Crippen LogP contribution in [-0.2, 0) is 16.1 Å². The van der Waals surface area contributed by atoms with Crippen molar-refractivity contribution in [3.8, 4) is 11.3 Å². The van der Waals surface area contributed by atoms with Crippen molar-refractivity contribution in [1.29, 1.82) is 0 Å². The average molecular weight is 672 g/mol. The zero-order valence-corrected chi connectivity index (χ0v) is 31.3. The number of hydrogen-bond acceptors (Lipinski definition) is 7. The van der Waals surface area contributed by atoms with E-state index in [9.17, 15) is 9.59 Å². The van der Waals surface area contributed by atoms with Crippen LogP contribution in [0.2, 0.25) is 0 Å². The predicted octanol–water partition coefficient (Wildman–Crippen LogP) is 8.84. The highest BCUT2D eigenvalue weighted by Gasteiger charge is 2.26. The first-order valence-electron chi connectivity index (χ1n) is 17.0. The van der Waals surface area contributed by atoms with E-state index in [-0.39, 0.29) is 17.4 Å². The maximum Gasteiger partial charge on any atom is 0.410 e. The summed E-state index contributed by atoms with van der Waals surface area (Å²) in [5.41, 5.74) is 8.54. The summed E-state index contributed by atoms with van der Waals surface area (Å²) in [4.78, 5) is 42.3. The summed E-state index contributed by atoms with van der Waals surface area (Å²) in [5, 5.41) is 3.05. The van der Waals surface area contributed by atoms with Gasteiger partial charge in [-0.2, -0.15) is 0 Å².